The lowest BCUT2D eigenvalue weighted by atomic mass is 9.33. The zero-order valence-corrected chi connectivity index (χ0v) is 31.5. The fraction of sp³-hybridized carbons (Fsp3) is 0.705. The van der Waals surface area contributed by atoms with Crippen LogP contribution < -0.4 is 10.5 Å². The normalized spacial score (nSPS) is 43.8. The van der Waals surface area contributed by atoms with Gasteiger partial charge in [-0.15, -0.1) is 0 Å². The van der Waals surface area contributed by atoms with Crippen LogP contribution in [0.1, 0.15) is 131 Å². The Hall–Kier alpha value is -2.71. The zero-order valence-electron chi connectivity index (χ0n) is 31.5. The molecule has 0 saturated heterocycles. The second-order valence-corrected chi connectivity index (χ2v) is 19.0. The Morgan fingerprint density at radius 3 is 2.43 bits per heavy atom. The minimum Gasteiger partial charge on any atom is -0.476 e. The fourth-order valence-electron chi connectivity index (χ4n) is 13.9. The number of rotatable bonds is 6. The Morgan fingerprint density at radius 2 is 1.76 bits per heavy atom. The number of hydrogen-bond donors (Lipinski definition) is 1. The molecule has 2 N–H and O–H groups in total. The summed E-state index contributed by atoms with van der Waals surface area (Å²) in [6, 6.07) is 5.61. The van der Waals surface area contributed by atoms with Crippen LogP contribution in [0.5, 0.6) is 5.88 Å². The van der Waals surface area contributed by atoms with Crippen molar-refractivity contribution in [1.82, 2.24) is 4.98 Å². The molecule has 0 bridgehead atoms. The average molecular weight is 664 g/mol. The molecule has 6 aliphatic carbocycles. The van der Waals surface area contributed by atoms with Crippen LogP contribution in [0, 0.1) is 68.0 Å². The monoisotopic (exact) mass is 663 g/mol. The summed E-state index contributed by atoms with van der Waals surface area (Å²) in [6.45, 7) is 21.8. The van der Waals surface area contributed by atoms with E-state index in [-0.39, 0.29) is 28.8 Å². The Labute approximate surface area is 296 Å². The SMILES string of the molecule is C=C(C)[C@@H]1CC[C@]2(N)CC[C@]3(C)[C@H](CC[C@@H]4[C@@]5(C)CC=C(C6=CC[C@](COc7ncccc7C#N)(C(C)=O)CC6)C(C)(C)[C@@H]5CC[C@]43C)[C@@H]12. The molecule has 264 valence electrons. The fourth-order valence-corrected chi connectivity index (χ4v) is 13.9. The van der Waals surface area contributed by atoms with Crippen molar-refractivity contribution < 1.29 is 9.53 Å². The smallest absolute Gasteiger partial charge is 0.231 e. The molecule has 0 aliphatic heterocycles. The number of hydrogen-bond acceptors (Lipinski definition) is 5. The molecule has 5 nitrogen and oxygen atoms in total. The molecule has 1 heterocycles. The number of Topliss-reactive ketones (excluding diaryl/α,β-unsaturated/α-hetero) is 1. The highest BCUT2D eigenvalue weighted by atomic mass is 16.5. The summed E-state index contributed by atoms with van der Waals surface area (Å²) in [5, 5.41) is 9.51. The molecule has 49 heavy (non-hydrogen) atoms. The van der Waals surface area contributed by atoms with Gasteiger partial charge in [0, 0.05) is 11.7 Å². The standard InChI is InChI=1S/C44H61N3O2/c1-28(2)32-15-22-44(46)24-23-41(7)34(37(32)44)11-12-36-40(6)18-16-33(39(4,5)35(40)17-19-42(36,41)8)30-13-20-43(21-14-30,29(3)48)27-49-38-31(26-45)10-9-25-47-38/h9-10,13,16,25,32,34-37H,1,11-12,14-15,17-24,27,46H2,2-8H3/t32-,34+,35-,36+,37+,40-,41+,42+,43-,44-/m0/s1. The second-order valence-electron chi connectivity index (χ2n) is 19.0. The van der Waals surface area contributed by atoms with Gasteiger partial charge in [0.05, 0.1) is 5.41 Å². The number of fused-ring (bicyclic) bond motifs is 7. The summed E-state index contributed by atoms with van der Waals surface area (Å²) in [7, 11) is 0. The molecule has 4 saturated carbocycles. The van der Waals surface area contributed by atoms with Crippen molar-refractivity contribution in [3.8, 4) is 11.9 Å². The van der Waals surface area contributed by atoms with E-state index in [2.05, 4.69) is 71.3 Å². The minimum absolute atomic E-state index is 0.000392. The lowest BCUT2D eigenvalue weighted by molar-refractivity contribution is -0.219. The first-order chi connectivity index (χ1) is 23.1. The molecule has 10 atom stereocenters. The molecule has 1 aromatic rings. The Balaban J connectivity index is 1.14. The van der Waals surface area contributed by atoms with Crippen LogP contribution in [-0.4, -0.2) is 22.9 Å². The van der Waals surface area contributed by atoms with Gasteiger partial charge in [-0.05, 0) is 165 Å². The van der Waals surface area contributed by atoms with Gasteiger partial charge in [-0.2, -0.15) is 5.26 Å². The van der Waals surface area contributed by atoms with E-state index in [0.29, 0.717) is 58.3 Å². The first-order valence-electron chi connectivity index (χ1n) is 19.4. The topological polar surface area (TPSA) is 89.0 Å². The quantitative estimate of drug-likeness (QED) is 0.306. The number of ketones is 1. The van der Waals surface area contributed by atoms with E-state index in [0.717, 1.165) is 19.3 Å². The van der Waals surface area contributed by atoms with Crippen LogP contribution in [0.2, 0.25) is 0 Å². The Morgan fingerprint density at radius 1 is 0.980 bits per heavy atom. The third-order valence-electron chi connectivity index (χ3n) is 16.8. The second kappa shape index (κ2) is 11.7. The van der Waals surface area contributed by atoms with Gasteiger partial charge >= 0.3 is 0 Å². The first kappa shape index (κ1) is 34.7. The van der Waals surface area contributed by atoms with Crippen molar-refractivity contribution in [3.63, 3.8) is 0 Å². The number of allylic oxidation sites excluding steroid dienone is 5. The van der Waals surface area contributed by atoms with Gasteiger partial charge in [0.1, 0.15) is 24.0 Å². The van der Waals surface area contributed by atoms with Gasteiger partial charge in [-0.1, -0.05) is 58.9 Å². The minimum atomic E-state index is -0.591. The average Bonchev–Trinajstić information content (AvgIpc) is 3.42. The third kappa shape index (κ3) is 4.92. The molecule has 0 radical (unpaired) electrons. The van der Waals surface area contributed by atoms with E-state index in [4.69, 9.17) is 10.5 Å². The lowest BCUT2D eigenvalue weighted by Crippen LogP contribution is -2.67. The summed E-state index contributed by atoms with van der Waals surface area (Å²) in [5.41, 5.74) is 12.4. The number of nitrogens with two attached hydrogens (primary N) is 1. The molecule has 0 amide bonds. The predicted octanol–water partition coefficient (Wildman–Crippen LogP) is 9.92. The molecular formula is C44H61N3O2. The van der Waals surface area contributed by atoms with Crippen molar-refractivity contribution in [2.75, 3.05) is 6.61 Å². The number of carbonyl (C=O) groups is 1. The van der Waals surface area contributed by atoms with Gasteiger partial charge in [0.15, 0.2) is 0 Å². The Kier molecular flexibility index (Phi) is 8.26. The molecule has 0 unspecified atom stereocenters. The van der Waals surface area contributed by atoms with Gasteiger partial charge < -0.3 is 10.5 Å². The van der Waals surface area contributed by atoms with Crippen LogP contribution >= 0.6 is 0 Å². The number of nitriles is 1. The number of carbonyl (C=O) groups excluding carboxylic acids is 1. The molecule has 0 aromatic carbocycles. The van der Waals surface area contributed by atoms with E-state index < -0.39 is 5.41 Å². The molecule has 4 fully saturated rings. The van der Waals surface area contributed by atoms with Crippen molar-refractivity contribution in [3.05, 3.63) is 59.3 Å². The molecule has 1 aromatic heterocycles. The summed E-state index contributed by atoms with van der Waals surface area (Å²) in [4.78, 5) is 17.4. The van der Waals surface area contributed by atoms with Crippen molar-refractivity contribution >= 4 is 5.78 Å². The zero-order chi connectivity index (χ0) is 35.2. The van der Waals surface area contributed by atoms with Gasteiger partial charge in [0.2, 0.25) is 5.88 Å². The van der Waals surface area contributed by atoms with E-state index in [1.54, 1.807) is 25.3 Å². The lowest BCUT2D eigenvalue weighted by Gasteiger charge is -2.72. The number of pyridine rings is 1. The summed E-state index contributed by atoms with van der Waals surface area (Å²) in [5.74, 6) is 3.67. The molecule has 5 heteroatoms. The first-order valence-corrected chi connectivity index (χ1v) is 19.4. The maximum Gasteiger partial charge on any atom is 0.231 e. The van der Waals surface area contributed by atoms with Crippen LogP contribution in [0.25, 0.3) is 0 Å². The van der Waals surface area contributed by atoms with Crippen LogP contribution in [0.3, 0.4) is 0 Å². The van der Waals surface area contributed by atoms with Crippen LogP contribution in [-0.2, 0) is 4.79 Å². The maximum atomic E-state index is 13.1. The van der Waals surface area contributed by atoms with E-state index in [1.165, 1.54) is 68.1 Å². The largest absolute Gasteiger partial charge is 0.476 e. The molecular weight excluding hydrogens is 603 g/mol. The van der Waals surface area contributed by atoms with Gasteiger partial charge in [0.25, 0.3) is 0 Å². The van der Waals surface area contributed by atoms with Crippen molar-refractivity contribution in [2.24, 2.45) is 62.4 Å². The van der Waals surface area contributed by atoms with Crippen molar-refractivity contribution in [2.45, 2.75) is 131 Å². The maximum absolute atomic E-state index is 13.1. The van der Waals surface area contributed by atoms with E-state index in [9.17, 15) is 10.1 Å². The molecule has 6 aliphatic rings. The number of aromatic nitrogens is 1. The predicted molar refractivity (Wildman–Crippen MR) is 196 cm³/mol. The van der Waals surface area contributed by atoms with Crippen LogP contribution in [0.4, 0.5) is 0 Å². The van der Waals surface area contributed by atoms with Gasteiger partial charge in [-0.25, -0.2) is 4.98 Å². The van der Waals surface area contributed by atoms with E-state index in [1.807, 2.05) is 0 Å². The van der Waals surface area contributed by atoms with Crippen molar-refractivity contribution in [1.29, 1.82) is 5.26 Å². The summed E-state index contributed by atoms with van der Waals surface area (Å²) < 4.78 is 6.08. The molecule has 7 rings (SSSR count). The van der Waals surface area contributed by atoms with Gasteiger partial charge in [-0.3, -0.25) is 4.79 Å². The highest BCUT2D eigenvalue weighted by Crippen LogP contribution is 2.76. The third-order valence-corrected chi connectivity index (χ3v) is 16.8. The Bertz CT molecular complexity index is 1650. The highest BCUT2D eigenvalue weighted by molar-refractivity contribution is 5.83. The number of nitrogens with zero attached hydrogens (tertiary/aromatic N) is 2. The summed E-state index contributed by atoms with van der Waals surface area (Å²) >= 11 is 0. The van der Waals surface area contributed by atoms with Crippen LogP contribution in [0.15, 0.2) is 53.8 Å². The summed E-state index contributed by atoms with van der Waals surface area (Å²) in [6.07, 6.45) is 20.2. The highest BCUT2D eigenvalue weighted by Gasteiger charge is 2.70. The molecule has 0 spiro atoms. The number of ether oxygens (including phenoxy) is 1. The van der Waals surface area contributed by atoms with E-state index >= 15 is 0 Å².